The molecule has 9 heteroatoms. The molecule has 0 N–H and O–H groups in total. The van der Waals surface area contributed by atoms with Crippen molar-refractivity contribution >= 4 is 23.2 Å². The lowest BCUT2D eigenvalue weighted by Gasteiger charge is -2.37. The molecule has 0 saturated carbocycles. The van der Waals surface area contributed by atoms with Crippen LogP contribution in [0.15, 0.2) is 54.6 Å². The number of hydrogen-bond donors (Lipinski definition) is 0. The van der Waals surface area contributed by atoms with Gasteiger partial charge in [0.1, 0.15) is 0 Å². The van der Waals surface area contributed by atoms with Crippen LogP contribution in [0.25, 0.3) is 11.1 Å². The molecule has 3 aromatic rings. The first-order valence-electron chi connectivity index (χ1n) is 9.92. The van der Waals surface area contributed by atoms with Crippen LogP contribution in [0.2, 0.25) is 10.0 Å². The van der Waals surface area contributed by atoms with Gasteiger partial charge < -0.3 is 0 Å². The van der Waals surface area contributed by atoms with Crippen molar-refractivity contribution in [3.63, 3.8) is 0 Å². The first kappa shape index (κ1) is 23.9. The van der Waals surface area contributed by atoms with E-state index in [1.54, 1.807) is 11.9 Å². The zero-order chi connectivity index (χ0) is 24.1. The number of alkyl halides is 6. The average Bonchev–Trinajstić information content (AvgIpc) is 2.73. The Labute approximate surface area is 196 Å². The third-order valence-corrected chi connectivity index (χ3v) is 6.55. The molecule has 0 aliphatic carbocycles. The highest BCUT2D eigenvalue weighted by Crippen LogP contribution is 2.48. The van der Waals surface area contributed by atoms with Crippen molar-refractivity contribution in [3.05, 3.63) is 92.5 Å². The average molecular weight is 504 g/mol. The summed E-state index contributed by atoms with van der Waals surface area (Å²) in [5.74, 6) is 0. The standard InChI is InChI=1S/C24H17Cl2F6N/c1-33-12-16-15(10-21(33)13-6-2-4-8-17(13)23(27,28)29)22(20(26)11-19(16)25)14-7-3-5-9-18(14)24(30,31)32/h2-9,11,21H,10,12H2,1H3. The van der Waals surface area contributed by atoms with E-state index in [9.17, 15) is 26.3 Å². The highest BCUT2D eigenvalue weighted by molar-refractivity contribution is 6.37. The monoisotopic (exact) mass is 503 g/mol. The molecule has 1 nitrogen and oxygen atoms in total. The zero-order valence-electron chi connectivity index (χ0n) is 17.2. The van der Waals surface area contributed by atoms with Crippen molar-refractivity contribution in [3.8, 4) is 11.1 Å². The van der Waals surface area contributed by atoms with Gasteiger partial charge in [0.25, 0.3) is 0 Å². The van der Waals surface area contributed by atoms with Crippen LogP contribution < -0.4 is 0 Å². The maximum atomic E-state index is 13.8. The third kappa shape index (κ3) is 4.46. The Morgan fingerprint density at radius 1 is 0.788 bits per heavy atom. The van der Waals surface area contributed by atoms with Crippen molar-refractivity contribution in [1.82, 2.24) is 4.90 Å². The molecule has 1 aliphatic rings. The maximum absolute atomic E-state index is 13.8. The van der Waals surface area contributed by atoms with Gasteiger partial charge in [0.15, 0.2) is 0 Å². The van der Waals surface area contributed by atoms with Crippen molar-refractivity contribution in [2.45, 2.75) is 31.4 Å². The molecular weight excluding hydrogens is 487 g/mol. The van der Waals surface area contributed by atoms with Gasteiger partial charge in [-0.1, -0.05) is 59.6 Å². The minimum Gasteiger partial charge on any atom is -0.295 e. The Hall–Kier alpha value is -2.22. The second-order valence-electron chi connectivity index (χ2n) is 7.94. The van der Waals surface area contributed by atoms with Gasteiger partial charge in [0.2, 0.25) is 0 Å². The van der Waals surface area contributed by atoms with Gasteiger partial charge in [-0.25, -0.2) is 0 Å². The van der Waals surface area contributed by atoms with E-state index in [1.807, 2.05) is 0 Å². The Morgan fingerprint density at radius 2 is 1.36 bits per heavy atom. The van der Waals surface area contributed by atoms with Crippen molar-refractivity contribution in [2.24, 2.45) is 0 Å². The molecule has 0 radical (unpaired) electrons. The van der Waals surface area contributed by atoms with E-state index in [2.05, 4.69) is 0 Å². The second kappa shape index (κ2) is 8.53. The van der Waals surface area contributed by atoms with E-state index >= 15 is 0 Å². The van der Waals surface area contributed by atoms with Gasteiger partial charge in [-0.05, 0) is 53.9 Å². The van der Waals surface area contributed by atoms with E-state index < -0.39 is 29.5 Å². The Kier molecular flexibility index (Phi) is 6.18. The smallest absolute Gasteiger partial charge is 0.295 e. The normalized spacial score (nSPS) is 17.2. The molecule has 1 aliphatic heterocycles. The van der Waals surface area contributed by atoms with Gasteiger partial charge in [0, 0.05) is 23.2 Å². The molecule has 0 amide bonds. The highest BCUT2D eigenvalue weighted by atomic mass is 35.5. The quantitative estimate of drug-likeness (QED) is 0.317. The van der Waals surface area contributed by atoms with E-state index in [1.165, 1.54) is 42.5 Å². The summed E-state index contributed by atoms with van der Waals surface area (Å²) in [4.78, 5) is 1.71. The lowest BCUT2D eigenvalue weighted by Crippen LogP contribution is -2.33. The summed E-state index contributed by atoms with van der Waals surface area (Å²) in [6, 6.07) is 10.9. The summed E-state index contributed by atoms with van der Waals surface area (Å²) < 4.78 is 82.4. The Balaban J connectivity index is 1.94. The number of benzene rings is 3. The molecule has 1 atom stereocenters. The van der Waals surface area contributed by atoms with Crippen LogP contribution >= 0.6 is 23.2 Å². The van der Waals surface area contributed by atoms with E-state index in [4.69, 9.17) is 23.2 Å². The zero-order valence-corrected chi connectivity index (χ0v) is 18.7. The van der Waals surface area contributed by atoms with Crippen LogP contribution in [-0.2, 0) is 25.3 Å². The molecule has 1 heterocycles. The number of rotatable bonds is 2. The first-order valence-corrected chi connectivity index (χ1v) is 10.7. The van der Waals surface area contributed by atoms with Gasteiger partial charge in [-0.2, -0.15) is 26.3 Å². The molecule has 0 aromatic heterocycles. The molecule has 174 valence electrons. The fourth-order valence-corrected chi connectivity index (χ4v) is 5.11. The molecule has 33 heavy (non-hydrogen) atoms. The van der Waals surface area contributed by atoms with E-state index in [0.717, 1.165) is 12.1 Å². The molecule has 1 unspecified atom stereocenters. The summed E-state index contributed by atoms with van der Waals surface area (Å²) in [6.07, 6.45) is -9.20. The molecule has 3 aromatic carbocycles. The first-order chi connectivity index (χ1) is 15.4. The molecule has 4 rings (SSSR count). The highest BCUT2D eigenvalue weighted by Gasteiger charge is 2.39. The van der Waals surface area contributed by atoms with Crippen LogP contribution in [0.4, 0.5) is 26.3 Å². The van der Waals surface area contributed by atoms with Gasteiger partial charge in [-0.3, -0.25) is 4.90 Å². The summed E-state index contributed by atoms with van der Waals surface area (Å²) in [5.41, 5.74) is -0.620. The molecule has 0 bridgehead atoms. The molecule has 0 saturated heterocycles. The van der Waals surface area contributed by atoms with Crippen molar-refractivity contribution in [1.29, 1.82) is 0 Å². The minimum atomic E-state index is -4.64. The number of halogens is 8. The van der Waals surface area contributed by atoms with E-state index in [0.29, 0.717) is 11.1 Å². The van der Waals surface area contributed by atoms with Gasteiger partial charge in [-0.15, -0.1) is 0 Å². The SMILES string of the molecule is CN1Cc2c(Cl)cc(Cl)c(-c3ccccc3C(F)(F)F)c2CC1c1ccccc1C(F)(F)F. The van der Waals surface area contributed by atoms with Crippen molar-refractivity contribution in [2.75, 3.05) is 7.05 Å². The fourth-order valence-electron chi connectivity index (χ4n) is 4.45. The largest absolute Gasteiger partial charge is 0.417 e. The topological polar surface area (TPSA) is 3.24 Å². The predicted molar refractivity (Wildman–Crippen MR) is 116 cm³/mol. The Morgan fingerprint density at radius 3 is 2.00 bits per heavy atom. The second-order valence-corrected chi connectivity index (χ2v) is 8.75. The third-order valence-electron chi connectivity index (χ3n) is 5.91. The van der Waals surface area contributed by atoms with Crippen LogP contribution in [0.5, 0.6) is 0 Å². The van der Waals surface area contributed by atoms with Crippen molar-refractivity contribution < 1.29 is 26.3 Å². The summed E-state index contributed by atoms with van der Waals surface area (Å²) in [7, 11) is 1.66. The van der Waals surface area contributed by atoms with Crippen LogP contribution in [0, 0.1) is 0 Å². The van der Waals surface area contributed by atoms with Gasteiger partial charge in [0.05, 0.1) is 16.1 Å². The van der Waals surface area contributed by atoms with Crippen LogP contribution in [0.1, 0.15) is 33.9 Å². The molecular formula is C24H17Cl2F6N. The summed E-state index contributed by atoms with van der Waals surface area (Å²) in [6.45, 7) is 0.156. The van der Waals surface area contributed by atoms with Gasteiger partial charge >= 0.3 is 12.4 Å². The summed E-state index contributed by atoms with van der Waals surface area (Å²) in [5, 5.41) is 0.278. The van der Waals surface area contributed by atoms with E-state index in [-0.39, 0.29) is 39.7 Å². The number of fused-ring (bicyclic) bond motifs is 1. The Bertz CT molecular complexity index is 1200. The number of nitrogens with zero attached hydrogens (tertiary/aromatic N) is 1. The molecule has 0 fully saturated rings. The van der Waals surface area contributed by atoms with Crippen LogP contribution in [0.3, 0.4) is 0 Å². The molecule has 0 spiro atoms. The fraction of sp³-hybridized carbons (Fsp3) is 0.250. The lowest BCUT2D eigenvalue weighted by atomic mass is 9.83. The summed E-state index contributed by atoms with van der Waals surface area (Å²) >= 11 is 12.8. The number of likely N-dealkylation sites (N-methyl/N-ethyl adjacent to an activating group) is 1. The minimum absolute atomic E-state index is 0.0146. The lowest BCUT2D eigenvalue weighted by molar-refractivity contribution is -0.139. The predicted octanol–water partition coefficient (Wildman–Crippen LogP) is 8.43. The van der Waals surface area contributed by atoms with Crippen LogP contribution in [-0.4, -0.2) is 11.9 Å². The number of hydrogen-bond acceptors (Lipinski definition) is 1. The maximum Gasteiger partial charge on any atom is 0.417 e.